The summed E-state index contributed by atoms with van der Waals surface area (Å²) in [5.74, 6) is -0.372. The fourth-order valence-electron chi connectivity index (χ4n) is 2.24. The molecule has 1 atom stereocenters. The number of thioether (sulfide) groups is 1. The van der Waals surface area contributed by atoms with Gasteiger partial charge in [-0.25, -0.2) is 4.98 Å². The average Bonchev–Trinajstić information content (AvgIpc) is 3.13. The first-order chi connectivity index (χ1) is 11.1. The third-order valence-corrected chi connectivity index (χ3v) is 6.14. The maximum absolute atomic E-state index is 11.0. The molecule has 0 aliphatic carbocycles. The maximum atomic E-state index is 11.0. The Labute approximate surface area is 147 Å². The van der Waals surface area contributed by atoms with Crippen molar-refractivity contribution in [3.63, 3.8) is 0 Å². The lowest BCUT2D eigenvalue weighted by molar-refractivity contribution is -0.304. The van der Waals surface area contributed by atoms with Gasteiger partial charge in [0.2, 0.25) is 0 Å². The molecule has 0 spiro atoms. The number of benzene rings is 1. The smallest absolute Gasteiger partial charge is 0.124 e. The normalized spacial score (nSPS) is 17.1. The van der Waals surface area contributed by atoms with Gasteiger partial charge in [0.25, 0.3) is 0 Å². The largest absolute Gasteiger partial charge is 0.550 e. The summed E-state index contributed by atoms with van der Waals surface area (Å²) < 4.78 is 5.14. The van der Waals surface area contributed by atoms with Crippen LogP contribution in [-0.2, 0) is 11.2 Å². The minimum atomic E-state index is -1.14. The summed E-state index contributed by atoms with van der Waals surface area (Å²) in [5.41, 5.74) is 1.46. The summed E-state index contributed by atoms with van der Waals surface area (Å²) in [7, 11) is 1.61. The van der Waals surface area contributed by atoms with Gasteiger partial charge in [-0.2, -0.15) is 0 Å². The van der Waals surface area contributed by atoms with E-state index in [1.807, 2.05) is 30.3 Å². The number of hydrogen-bond donors (Lipinski definition) is 0. The van der Waals surface area contributed by atoms with Gasteiger partial charge in [0.1, 0.15) is 10.8 Å². The molecule has 0 N–H and O–H groups in total. The van der Waals surface area contributed by atoms with E-state index in [9.17, 15) is 9.90 Å². The lowest BCUT2D eigenvalue weighted by Crippen LogP contribution is -2.24. The van der Waals surface area contributed by atoms with Crippen LogP contribution in [0.5, 0.6) is 5.75 Å². The highest BCUT2D eigenvalue weighted by Gasteiger charge is 2.22. The topological polar surface area (TPSA) is 62.2 Å². The third-order valence-electron chi connectivity index (χ3n) is 3.31. The predicted octanol–water partition coefficient (Wildman–Crippen LogP) is 3.15. The first kappa shape index (κ1) is 16.4. The monoisotopic (exact) mass is 366 g/mol. The Hall–Kier alpha value is -1.50. The van der Waals surface area contributed by atoms with E-state index in [-0.39, 0.29) is 11.1 Å². The van der Waals surface area contributed by atoms with Crippen LogP contribution in [0, 0.1) is 0 Å². The standard InChI is InChI=1S/C16H14ClNO3S2/c1-21-10-4-2-9(3-5-10)16-18-11(8-14(19)20)15(23-16)12-6-7-13(17)22-12/h2-6,13H,7-8H2,1H3,(H,19,20)/p-1. The number of methoxy groups -OCH3 is 1. The molecular formula is C16H13ClNO3S2-. The summed E-state index contributed by atoms with van der Waals surface area (Å²) in [6, 6.07) is 7.52. The second-order valence-corrected chi connectivity index (χ2v) is 7.93. The number of allylic oxidation sites excluding steroid dienone is 1. The van der Waals surface area contributed by atoms with Crippen LogP contribution in [0.2, 0.25) is 0 Å². The number of carboxylic acid groups (broad SMARTS) is 1. The van der Waals surface area contributed by atoms with Crippen LogP contribution in [0.3, 0.4) is 0 Å². The second kappa shape index (κ2) is 6.95. The van der Waals surface area contributed by atoms with Gasteiger partial charge in [-0.3, -0.25) is 0 Å². The Balaban J connectivity index is 1.98. The highest BCUT2D eigenvalue weighted by Crippen LogP contribution is 2.45. The molecule has 0 saturated carbocycles. The number of thiazole rings is 1. The summed E-state index contributed by atoms with van der Waals surface area (Å²) >= 11 is 9.14. The molecule has 1 unspecified atom stereocenters. The van der Waals surface area contributed by atoms with Crippen LogP contribution < -0.4 is 9.84 Å². The quantitative estimate of drug-likeness (QED) is 0.760. The van der Waals surface area contributed by atoms with Gasteiger partial charge < -0.3 is 14.6 Å². The number of carboxylic acids is 1. The molecule has 0 radical (unpaired) electrons. The fraction of sp³-hybridized carbons (Fsp3) is 0.250. The lowest BCUT2D eigenvalue weighted by Gasteiger charge is -2.04. The van der Waals surface area contributed by atoms with Gasteiger partial charge in [0.15, 0.2) is 0 Å². The fourth-order valence-corrected chi connectivity index (χ4v) is 4.79. The van der Waals surface area contributed by atoms with Crippen LogP contribution in [0.15, 0.2) is 30.3 Å². The van der Waals surface area contributed by atoms with Crippen molar-refractivity contribution in [3.05, 3.63) is 40.9 Å². The average molecular weight is 367 g/mol. The molecule has 1 aromatic carbocycles. The molecule has 0 bridgehead atoms. The molecule has 2 aromatic rings. The van der Waals surface area contributed by atoms with Crippen molar-refractivity contribution in [1.29, 1.82) is 0 Å². The van der Waals surface area contributed by atoms with Crippen molar-refractivity contribution >= 4 is 45.6 Å². The van der Waals surface area contributed by atoms with E-state index >= 15 is 0 Å². The number of aliphatic carboxylic acids is 1. The van der Waals surface area contributed by atoms with Crippen LogP contribution in [0.4, 0.5) is 0 Å². The summed E-state index contributed by atoms with van der Waals surface area (Å²) in [5, 5.41) is 11.8. The molecule has 3 rings (SSSR count). The predicted molar refractivity (Wildman–Crippen MR) is 92.6 cm³/mol. The van der Waals surface area contributed by atoms with Crippen LogP contribution in [0.25, 0.3) is 15.5 Å². The van der Waals surface area contributed by atoms with Gasteiger partial charge in [0.05, 0.1) is 22.4 Å². The van der Waals surface area contributed by atoms with E-state index in [4.69, 9.17) is 16.3 Å². The number of carbonyl (C=O) groups is 1. The Morgan fingerprint density at radius 2 is 2.17 bits per heavy atom. The number of halogens is 1. The van der Waals surface area contributed by atoms with Gasteiger partial charge in [0, 0.05) is 22.9 Å². The van der Waals surface area contributed by atoms with E-state index in [1.54, 1.807) is 7.11 Å². The number of rotatable bonds is 5. The number of ether oxygens (including phenoxy) is 1. The molecule has 1 aliphatic rings. The van der Waals surface area contributed by atoms with E-state index < -0.39 is 5.97 Å². The van der Waals surface area contributed by atoms with E-state index in [0.29, 0.717) is 5.69 Å². The number of alkyl halides is 1. The number of carbonyl (C=O) groups excluding carboxylic acids is 1. The minimum Gasteiger partial charge on any atom is -0.550 e. The van der Waals surface area contributed by atoms with Gasteiger partial charge >= 0.3 is 0 Å². The van der Waals surface area contributed by atoms with Gasteiger partial charge in [-0.15, -0.1) is 34.7 Å². The zero-order chi connectivity index (χ0) is 16.4. The Morgan fingerprint density at radius 1 is 1.43 bits per heavy atom. The summed E-state index contributed by atoms with van der Waals surface area (Å²) in [6.45, 7) is 0. The van der Waals surface area contributed by atoms with E-state index in [2.05, 4.69) is 4.98 Å². The molecule has 23 heavy (non-hydrogen) atoms. The van der Waals surface area contributed by atoms with Gasteiger partial charge in [-0.05, 0) is 30.7 Å². The highest BCUT2D eigenvalue weighted by atomic mass is 35.5. The number of aromatic nitrogens is 1. The Bertz CT molecular complexity index is 755. The van der Waals surface area contributed by atoms with Crippen molar-refractivity contribution in [3.8, 4) is 16.3 Å². The van der Waals surface area contributed by atoms with E-state index in [0.717, 1.165) is 32.5 Å². The molecular weight excluding hydrogens is 354 g/mol. The number of nitrogens with zero attached hydrogens (tertiary/aromatic N) is 1. The Kier molecular flexibility index (Phi) is 4.94. The lowest BCUT2D eigenvalue weighted by atomic mass is 10.2. The summed E-state index contributed by atoms with van der Waals surface area (Å²) in [4.78, 5) is 17.4. The van der Waals surface area contributed by atoms with Crippen molar-refractivity contribution in [2.45, 2.75) is 17.6 Å². The van der Waals surface area contributed by atoms with Gasteiger partial charge in [-0.1, -0.05) is 6.08 Å². The number of hydrogen-bond acceptors (Lipinski definition) is 6. The Morgan fingerprint density at radius 3 is 2.74 bits per heavy atom. The molecule has 1 aliphatic heterocycles. The zero-order valence-corrected chi connectivity index (χ0v) is 14.6. The highest BCUT2D eigenvalue weighted by molar-refractivity contribution is 8.10. The van der Waals surface area contributed by atoms with Crippen molar-refractivity contribution in [2.24, 2.45) is 0 Å². The summed E-state index contributed by atoms with van der Waals surface area (Å²) in [6.07, 6.45) is 2.60. The van der Waals surface area contributed by atoms with Crippen molar-refractivity contribution in [2.75, 3.05) is 7.11 Å². The zero-order valence-electron chi connectivity index (χ0n) is 12.2. The molecule has 0 fully saturated rings. The van der Waals surface area contributed by atoms with E-state index in [1.165, 1.54) is 23.1 Å². The minimum absolute atomic E-state index is 0.00709. The molecule has 0 saturated heterocycles. The van der Waals surface area contributed by atoms with Crippen LogP contribution >= 0.6 is 34.7 Å². The molecule has 120 valence electrons. The molecule has 4 nitrogen and oxygen atoms in total. The van der Waals surface area contributed by atoms with Crippen LogP contribution in [0.1, 0.15) is 17.0 Å². The van der Waals surface area contributed by atoms with Crippen LogP contribution in [-0.4, -0.2) is 22.8 Å². The second-order valence-electron chi connectivity index (χ2n) is 4.90. The third kappa shape index (κ3) is 3.71. The van der Waals surface area contributed by atoms with Crippen molar-refractivity contribution < 1.29 is 14.6 Å². The molecule has 0 amide bonds. The first-order valence-electron chi connectivity index (χ1n) is 6.92. The SMILES string of the molecule is COc1ccc(-c2nc(CC(=O)[O-])c(C3=CCC(Cl)S3)s2)cc1. The molecule has 1 aromatic heterocycles. The molecule has 2 heterocycles. The maximum Gasteiger partial charge on any atom is 0.124 e. The first-order valence-corrected chi connectivity index (χ1v) is 9.05. The van der Waals surface area contributed by atoms with Crippen molar-refractivity contribution in [1.82, 2.24) is 4.98 Å². The molecule has 7 heteroatoms.